The van der Waals surface area contributed by atoms with E-state index >= 15 is 0 Å². The standard InChI is InChI=1S/C87H159NO8/c1-6-8-10-12-14-16-18-20-22-24-26-28-30-32-34-36-38-39-40-41-42-43-44-45-46-47-48-50-52-54-56-58-60-62-64-66-68-70-72-74-76-78-85(90)96-83(82-95-87(86(91)92)93-80-79-88(3,4)5)81-94-84(89)77-75-73-71-69-67-65-63-61-59-57-55-53-51-49-37-35-33-31-29-27-25-23-21-19-17-15-13-11-9-7-2/h8,10,14,16,20,22,26,28,32,34,38-39,83,87H,6-7,9,11-13,15,17-19,21,23-25,27,29-31,33,35-37,40-82H2,1-5H3/b10-8-,16-14-,22-20-,28-26-,34-32-,39-38-. The Hall–Kier alpha value is -3.27. The number of allylic oxidation sites excluding steroid dienone is 12. The Labute approximate surface area is 596 Å². The Morgan fingerprint density at radius 1 is 0.323 bits per heavy atom. The number of hydrogen-bond donors (Lipinski definition) is 0. The van der Waals surface area contributed by atoms with Crippen LogP contribution in [-0.4, -0.2) is 82.3 Å². The van der Waals surface area contributed by atoms with E-state index in [0.29, 0.717) is 17.4 Å². The van der Waals surface area contributed by atoms with Crippen LogP contribution in [0.4, 0.5) is 0 Å². The van der Waals surface area contributed by atoms with Crippen LogP contribution in [0.1, 0.15) is 406 Å². The van der Waals surface area contributed by atoms with E-state index in [4.69, 9.17) is 18.9 Å². The molecular weight excluding hydrogens is 1190 g/mol. The third-order valence-electron chi connectivity index (χ3n) is 18.7. The lowest BCUT2D eigenvalue weighted by atomic mass is 10.0. The highest BCUT2D eigenvalue weighted by molar-refractivity contribution is 5.70. The van der Waals surface area contributed by atoms with Crippen molar-refractivity contribution < 1.29 is 42.9 Å². The zero-order chi connectivity index (χ0) is 69.7. The average molecular weight is 1350 g/mol. The summed E-state index contributed by atoms with van der Waals surface area (Å²) in [6, 6.07) is 0. The molecule has 0 fully saturated rings. The molecule has 0 N–H and O–H groups in total. The number of unbranched alkanes of at least 4 members (excludes halogenated alkanes) is 51. The fourth-order valence-electron chi connectivity index (χ4n) is 12.4. The summed E-state index contributed by atoms with van der Waals surface area (Å²) in [5, 5.41) is 11.9. The summed E-state index contributed by atoms with van der Waals surface area (Å²) in [5.74, 6) is -2.25. The third-order valence-corrected chi connectivity index (χ3v) is 18.7. The van der Waals surface area contributed by atoms with Crippen molar-refractivity contribution in [2.24, 2.45) is 0 Å². The topological polar surface area (TPSA) is 111 Å². The number of carbonyl (C=O) groups is 3. The molecular formula is C87H159NO8. The number of quaternary nitrogens is 1. The minimum atomic E-state index is -1.62. The Morgan fingerprint density at radius 3 is 0.885 bits per heavy atom. The lowest BCUT2D eigenvalue weighted by Crippen LogP contribution is -2.44. The Balaban J connectivity index is 3.95. The number of likely N-dealkylation sites (N-methyl/N-ethyl adjacent to an activating group) is 1. The zero-order valence-corrected chi connectivity index (χ0v) is 64.3. The monoisotopic (exact) mass is 1350 g/mol. The molecule has 0 spiro atoms. The van der Waals surface area contributed by atoms with Gasteiger partial charge in [0.25, 0.3) is 0 Å². The molecule has 0 aliphatic heterocycles. The zero-order valence-electron chi connectivity index (χ0n) is 64.3. The van der Waals surface area contributed by atoms with Gasteiger partial charge in [0.2, 0.25) is 0 Å². The molecule has 0 aromatic heterocycles. The molecule has 560 valence electrons. The summed E-state index contributed by atoms with van der Waals surface area (Å²) in [4.78, 5) is 37.6. The Morgan fingerprint density at radius 2 is 0.594 bits per heavy atom. The van der Waals surface area contributed by atoms with Crippen LogP contribution in [0, 0.1) is 0 Å². The number of esters is 2. The maximum atomic E-state index is 13.0. The SMILES string of the molecule is CC/C=C\C/C=C\C/C=C\C/C=C\C/C=C\C/C=C\CCCCCCCCCCCCCCCCCCCCCCCCC(=O)OC(COC(=O)CCCCCCCCCCCCCCCCCCCCCCCCCCCCCCCC)COC(OCC[N+](C)(C)C)C(=O)[O-]. The van der Waals surface area contributed by atoms with Crippen molar-refractivity contribution >= 4 is 17.9 Å². The molecule has 0 aliphatic rings. The largest absolute Gasteiger partial charge is 0.545 e. The van der Waals surface area contributed by atoms with Gasteiger partial charge in [0.15, 0.2) is 12.4 Å². The van der Waals surface area contributed by atoms with Crippen molar-refractivity contribution in [2.75, 3.05) is 47.5 Å². The predicted molar refractivity (Wildman–Crippen MR) is 412 cm³/mol. The maximum Gasteiger partial charge on any atom is 0.306 e. The van der Waals surface area contributed by atoms with E-state index in [-0.39, 0.29) is 32.2 Å². The van der Waals surface area contributed by atoms with E-state index in [1.54, 1.807) is 0 Å². The highest BCUT2D eigenvalue weighted by Gasteiger charge is 2.22. The molecule has 2 unspecified atom stereocenters. The van der Waals surface area contributed by atoms with Gasteiger partial charge < -0.3 is 33.3 Å². The third kappa shape index (κ3) is 78.1. The average Bonchev–Trinajstić information content (AvgIpc) is 2.59. The molecule has 0 amide bonds. The van der Waals surface area contributed by atoms with Crippen LogP contribution in [-0.2, 0) is 33.3 Å². The number of rotatable bonds is 78. The second-order valence-electron chi connectivity index (χ2n) is 29.4. The first-order valence-electron chi connectivity index (χ1n) is 41.6. The van der Waals surface area contributed by atoms with E-state index in [0.717, 1.165) is 77.0 Å². The fraction of sp³-hybridized carbons (Fsp3) is 0.828. The van der Waals surface area contributed by atoms with Crippen LogP contribution in [0.15, 0.2) is 72.9 Å². The lowest BCUT2D eigenvalue weighted by molar-refractivity contribution is -0.870. The summed E-state index contributed by atoms with van der Waals surface area (Å²) in [7, 11) is 5.95. The number of carbonyl (C=O) groups excluding carboxylic acids is 3. The van der Waals surface area contributed by atoms with Crippen LogP contribution in [0.2, 0.25) is 0 Å². The normalized spacial score (nSPS) is 13.0. The van der Waals surface area contributed by atoms with Gasteiger partial charge in [-0.05, 0) is 64.2 Å². The fourth-order valence-corrected chi connectivity index (χ4v) is 12.4. The quantitative estimate of drug-likeness (QED) is 0.0195. The summed E-state index contributed by atoms with van der Waals surface area (Å²) < 4.78 is 22.9. The molecule has 0 radical (unpaired) electrons. The highest BCUT2D eigenvalue weighted by Crippen LogP contribution is 2.20. The molecule has 0 bridgehead atoms. The smallest absolute Gasteiger partial charge is 0.306 e. The van der Waals surface area contributed by atoms with E-state index < -0.39 is 24.3 Å². The summed E-state index contributed by atoms with van der Waals surface area (Å²) in [6.07, 6.45) is 102. The number of carboxylic acids is 1. The summed E-state index contributed by atoms with van der Waals surface area (Å²) in [6.45, 7) is 4.71. The molecule has 0 saturated carbocycles. The van der Waals surface area contributed by atoms with Crippen molar-refractivity contribution in [1.82, 2.24) is 0 Å². The number of carboxylic acid groups (broad SMARTS) is 1. The number of aliphatic carboxylic acids is 1. The van der Waals surface area contributed by atoms with Crippen LogP contribution in [0.5, 0.6) is 0 Å². The first kappa shape index (κ1) is 92.7. The second-order valence-corrected chi connectivity index (χ2v) is 29.4. The molecule has 0 aliphatic carbocycles. The minimum Gasteiger partial charge on any atom is -0.545 e. The lowest BCUT2D eigenvalue weighted by Gasteiger charge is -2.26. The van der Waals surface area contributed by atoms with Gasteiger partial charge in [0.05, 0.1) is 40.3 Å². The molecule has 0 saturated heterocycles. The number of hydrogen-bond acceptors (Lipinski definition) is 8. The molecule has 9 heteroatoms. The van der Waals surface area contributed by atoms with Gasteiger partial charge in [-0.15, -0.1) is 0 Å². The van der Waals surface area contributed by atoms with Gasteiger partial charge >= 0.3 is 11.9 Å². The van der Waals surface area contributed by atoms with Crippen molar-refractivity contribution in [3.05, 3.63) is 72.9 Å². The van der Waals surface area contributed by atoms with Crippen LogP contribution >= 0.6 is 0 Å². The van der Waals surface area contributed by atoms with Crippen LogP contribution in [0.3, 0.4) is 0 Å². The van der Waals surface area contributed by atoms with Gasteiger partial charge in [-0.3, -0.25) is 9.59 Å². The van der Waals surface area contributed by atoms with Crippen molar-refractivity contribution in [3.63, 3.8) is 0 Å². The first-order chi connectivity index (χ1) is 47.1. The van der Waals surface area contributed by atoms with Gasteiger partial charge in [-0.2, -0.15) is 0 Å². The number of nitrogens with zero attached hydrogens (tertiary/aromatic N) is 1. The van der Waals surface area contributed by atoms with E-state index in [1.165, 1.54) is 302 Å². The second kappa shape index (κ2) is 77.5. The molecule has 0 heterocycles. The van der Waals surface area contributed by atoms with Crippen molar-refractivity contribution in [2.45, 2.75) is 418 Å². The minimum absolute atomic E-state index is 0.150. The number of ether oxygens (including phenoxy) is 4. The first-order valence-corrected chi connectivity index (χ1v) is 41.6. The Kier molecular flexibility index (Phi) is 74.8. The molecule has 0 rings (SSSR count). The van der Waals surface area contributed by atoms with Crippen molar-refractivity contribution in [1.29, 1.82) is 0 Å². The predicted octanol–water partition coefficient (Wildman–Crippen LogP) is 25.4. The van der Waals surface area contributed by atoms with E-state index in [2.05, 4.69) is 86.8 Å². The van der Waals surface area contributed by atoms with E-state index in [1.807, 2.05) is 21.1 Å². The molecule has 0 aromatic rings. The van der Waals surface area contributed by atoms with Crippen molar-refractivity contribution in [3.8, 4) is 0 Å². The summed E-state index contributed by atoms with van der Waals surface area (Å²) in [5.41, 5.74) is 0. The van der Waals surface area contributed by atoms with Crippen LogP contribution < -0.4 is 5.11 Å². The molecule has 0 aromatic carbocycles. The highest BCUT2D eigenvalue weighted by atomic mass is 16.7. The molecule has 9 nitrogen and oxygen atoms in total. The van der Waals surface area contributed by atoms with E-state index in [9.17, 15) is 19.5 Å². The van der Waals surface area contributed by atoms with Gasteiger partial charge in [0.1, 0.15) is 13.2 Å². The Bertz CT molecular complexity index is 1810. The van der Waals surface area contributed by atoms with Crippen LogP contribution in [0.25, 0.3) is 0 Å². The van der Waals surface area contributed by atoms with Gasteiger partial charge in [0, 0.05) is 12.8 Å². The molecule has 96 heavy (non-hydrogen) atoms. The maximum absolute atomic E-state index is 13.0. The van der Waals surface area contributed by atoms with Gasteiger partial charge in [-0.25, -0.2) is 0 Å². The summed E-state index contributed by atoms with van der Waals surface area (Å²) >= 11 is 0. The van der Waals surface area contributed by atoms with Gasteiger partial charge in [-0.1, -0.05) is 401 Å². The molecule has 2 atom stereocenters.